The molecule has 2 rings (SSSR count). The monoisotopic (exact) mass is 326 g/mol. The molecule has 0 fully saturated rings. The highest BCUT2D eigenvalue weighted by Gasteiger charge is 2.11. The lowest BCUT2D eigenvalue weighted by atomic mass is 10.3. The van der Waals surface area contributed by atoms with E-state index < -0.39 is 4.92 Å². The molecule has 1 heterocycles. The van der Waals surface area contributed by atoms with Crippen LogP contribution in [0.1, 0.15) is 0 Å². The van der Waals surface area contributed by atoms with Gasteiger partial charge in [0.1, 0.15) is 17.0 Å². The van der Waals surface area contributed by atoms with Crippen LogP contribution in [-0.2, 0) is 0 Å². The number of aromatic hydroxyl groups is 1. The fraction of sp³-hybridized carbons (Fsp3) is 0. The summed E-state index contributed by atoms with van der Waals surface area (Å²) in [5.41, 5.74) is -0.0675. The molecule has 0 atom stereocenters. The second-order valence-electron chi connectivity index (χ2n) is 3.34. The van der Waals surface area contributed by atoms with Gasteiger partial charge in [-0.2, -0.15) is 0 Å². The molecule has 2 aromatic rings. The molecule has 18 heavy (non-hydrogen) atoms. The summed E-state index contributed by atoms with van der Waals surface area (Å²) in [5.74, 6) is 0.165. The van der Waals surface area contributed by atoms with Crippen LogP contribution in [0.2, 0.25) is 0 Å². The fourth-order valence-electron chi connectivity index (χ4n) is 1.25. The van der Waals surface area contributed by atoms with Crippen molar-refractivity contribution in [1.29, 1.82) is 0 Å². The predicted molar refractivity (Wildman–Crippen MR) is 70.8 cm³/mol. The predicted octanol–water partition coefficient (Wildman–Crippen LogP) is 3.61. The molecule has 7 heteroatoms. The highest BCUT2D eigenvalue weighted by Crippen LogP contribution is 2.34. The average molecular weight is 327 g/mol. The van der Waals surface area contributed by atoms with E-state index in [0.29, 0.717) is 9.50 Å². The van der Waals surface area contributed by atoms with Crippen LogP contribution < -0.4 is 0 Å². The van der Waals surface area contributed by atoms with Crippen molar-refractivity contribution in [2.45, 2.75) is 9.92 Å². The molecule has 0 saturated heterocycles. The van der Waals surface area contributed by atoms with Crippen molar-refractivity contribution >= 4 is 33.4 Å². The first-order valence-corrected chi connectivity index (χ1v) is 6.44. The lowest BCUT2D eigenvalue weighted by Gasteiger charge is -2.03. The van der Waals surface area contributed by atoms with Gasteiger partial charge in [0.2, 0.25) is 0 Å². The molecule has 5 nitrogen and oxygen atoms in total. The van der Waals surface area contributed by atoms with E-state index in [4.69, 9.17) is 0 Å². The first-order valence-electron chi connectivity index (χ1n) is 4.83. The van der Waals surface area contributed by atoms with Gasteiger partial charge in [0.05, 0.1) is 9.40 Å². The van der Waals surface area contributed by atoms with Crippen LogP contribution in [-0.4, -0.2) is 15.0 Å². The molecular weight excluding hydrogens is 320 g/mol. The van der Waals surface area contributed by atoms with Crippen molar-refractivity contribution in [3.63, 3.8) is 0 Å². The minimum Gasteiger partial charge on any atom is -0.508 e. The third-order valence-corrected chi connectivity index (χ3v) is 3.91. The standard InChI is InChI=1S/C11H7BrN2O3S/c12-10-4-7(14(16)17)6-13-11(10)18-9-3-1-2-8(15)5-9/h1-6,15H. The largest absolute Gasteiger partial charge is 0.508 e. The van der Waals surface area contributed by atoms with Gasteiger partial charge in [-0.25, -0.2) is 4.98 Å². The Labute approximate surface area is 115 Å². The van der Waals surface area contributed by atoms with E-state index in [0.717, 1.165) is 4.90 Å². The number of nitro groups is 1. The topological polar surface area (TPSA) is 76.3 Å². The van der Waals surface area contributed by atoms with Gasteiger partial charge in [-0.15, -0.1) is 0 Å². The summed E-state index contributed by atoms with van der Waals surface area (Å²) >= 11 is 4.55. The number of halogens is 1. The number of rotatable bonds is 3. The van der Waals surface area contributed by atoms with Crippen LogP contribution in [0.15, 0.2) is 50.9 Å². The third kappa shape index (κ3) is 2.99. The summed E-state index contributed by atoms with van der Waals surface area (Å²) < 4.78 is 0.546. The number of phenolic OH excluding ortho intramolecular Hbond substituents is 1. The molecule has 0 aliphatic carbocycles. The van der Waals surface area contributed by atoms with Crippen molar-refractivity contribution in [3.05, 3.63) is 51.1 Å². The van der Waals surface area contributed by atoms with Crippen molar-refractivity contribution in [2.75, 3.05) is 0 Å². The molecule has 92 valence electrons. The molecule has 0 radical (unpaired) electrons. The van der Waals surface area contributed by atoms with E-state index in [2.05, 4.69) is 20.9 Å². The summed E-state index contributed by atoms with van der Waals surface area (Å²) in [7, 11) is 0. The van der Waals surface area contributed by atoms with Crippen molar-refractivity contribution in [3.8, 4) is 5.75 Å². The second-order valence-corrected chi connectivity index (χ2v) is 5.25. The summed E-state index contributed by atoms with van der Waals surface area (Å²) in [6.07, 6.45) is 1.20. The van der Waals surface area contributed by atoms with E-state index in [1.54, 1.807) is 18.2 Å². The number of pyridine rings is 1. The highest BCUT2D eigenvalue weighted by molar-refractivity contribution is 9.10. The van der Waals surface area contributed by atoms with Gasteiger partial charge >= 0.3 is 0 Å². The Bertz CT molecular complexity index is 607. The van der Waals surface area contributed by atoms with Crippen molar-refractivity contribution in [1.82, 2.24) is 4.98 Å². The molecule has 1 aromatic heterocycles. The molecule has 1 N–H and O–H groups in total. The Hall–Kier alpha value is -1.60. The van der Waals surface area contributed by atoms with Crippen LogP contribution >= 0.6 is 27.7 Å². The normalized spacial score (nSPS) is 10.3. The van der Waals surface area contributed by atoms with Crippen LogP contribution in [0.25, 0.3) is 0 Å². The van der Waals surface area contributed by atoms with E-state index in [-0.39, 0.29) is 11.4 Å². The Balaban J connectivity index is 2.27. The zero-order valence-corrected chi connectivity index (χ0v) is 11.3. The van der Waals surface area contributed by atoms with Crippen LogP contribution in [0.3, 0.4) is 0 Å². The van der Waals surface area contributed by atoms with Gasteiger partial charge in [0, 0.05) is 11.0 Å². The van der Waals surface area contributed by atoms with E-state index in [1.807, 2.05) is 6.07 Å². The first kappa shape index (κ1) is 12.8. The number of hydrogen-bond donors (Lipinski definition) is 1. The maximum absolute atomic E-state index is 10.6. The highest BCUT2D eigenvalue weighted by atomic mass is 79.9. The summed E-state index contributed by atoms with van der Waals surface area (Å²) in [4.78, 5) is 14.9. The Kier molecular flexibility index (Phi) is 3.83. The fourth-order valence-corrected chi connectivity index (χ4v) is 2.64. The maximum atomic E-state index is 10.6. The smallest absolute Gasteiger partial charge is 0.288 e. The van der Waals surface area contributed by atoms with E-state index >= 15 is 0 Å². The molecule has 0 saturated carbocycles. The molecule has 0 aliphatic rings. The van der Waals surface area contributed by atoms with Crippen molar-refractivity contribution < 1.29 is 10.0 Å². The molecule has 0 unspecified atom stereocenters. The summed E-state index contributed by atoms with van der Waals surface area (Å²) in [5, 5.41) is 20.5. The van der Waals surface area contributed by atoms with Crippen LogP contribution in [0, 0.1) is 10.1 Å². The number of phenols is 1. The zero-order valence-electron chi connectivity index (χ0n) is 8.91. The molecule has 1 aromatic carbocycles. The molecule has 0 bridgehead atoms. The van der Waals surface area contributed by atoms with Gasteiger partial charge in [-0.1, -0.05) is 17.8 Å². The minimum atomic E-state index is -0.499. The lowest BCUT2D eigenvalue weighted by molar-refractivity contribution is -0.385. The minimum absolute atomic E-state index is 0.0675. The van der Waals surface area contributed by atoms with Gasteiger partial charge in [-0.05, 0) is 34.1 Å². The van der Waals surface area contributed by atoms with Gasteiger partial charge in [-0.3, -0.25) is 10.1 Å². The number of aromatic nitrogens is 1. The Morgan fingerprint density at radius 3 is 2.78 bits per heavy atom. The second kappa shape index (κ2) is 5.36. The van der Waals surface area contributed by atoms with Crippen molar-refractivity contribution in [2.24, 2.45) is 0 Å². The Morgan fingerprint density at radius 1 is 1.39 bits per heavy atom. The van der Waals surface area contributed by atoms with Gasteiger partial charge < -0.3 is 5.11 Å². The zero-order chi connectivity index (χ0) is 13.1. The average Bonchev–Trinajstić information content (AvgIpc) is 2.31. The lowest BCUT2D eigenvalue weighted by Crippen LogP contribution is -1.90. The van der Waals surface area contributed by atoms with Crippen LogP contribution in [0.5, 0.6) is 5.75 Å². The molecular formula is C11H7BrN2O3S. The number of benzene rings is 1. The maximum Gasteiger partial charge on any atom is 0.288 e. The van der Waals surface area contributed by atoms with E-state index in [9.17, 15) is 15.2 Å². The molecule has 0 spiro atoms. The van der Waals surface area contributed by atoms with Gasteiger partial charge in [0.25, 0.3) is 5.69 Å². The number of hydrogen-bond acceptors (Lipinski definition) is 5. The molecule has 0 amide bonds. The third-order valence-electron chi connectivity index (χ3n) is 2.04. The Morgan fingerprint density at radius 2 is 2.17 bits per heavy atom. The quantitative estimate of drug-likeness (QED) is 0.688. The summed E-state index contributed by atoms with van der Waals surface area (Å²) in [6.45, 7) is 0. The summed E-state index contributed by atoms with van der Waals surface area (Å²) in [6, 6.07) is 8.11. The molecule has 0 aliphatic heterocycles. The van der Waals surface area contributed by atoms with Crippen LogP contribution in [0.4, 0.5) is 5.69 Å². The van der Waals surface area contributed by atoms with Gasteiger partial charge in [0.15, 0.2) is 0 Å². The first-order chi connectivity index (χ1) is 8.56. The number of nitrogens with zero attached hydrogens (tertiary/aromatic N) is 2. The SMILES string of the molecule is O=[N+]([O-])c1cnc(Sc2cccc(O)c2)c(Br)c1. The van der Waals surface area contributed by atoms with E-state index in [1.165, 1.54) is 24.0 Å².